The molecule has 1 unspecified atom stereocenters. The Morgan fingerprint density at radius 3 is 2.82 bits per heavy atom. The number of amides is 1. The lowest BCUT2D eigenvalue weighted by Crippen LogP contribution is -2.38. The quantitative estimate of drug-likeness (QED) is 0.789. The topological polar surface area (TPSA) is 54.3 Å². The minimum Gasteiger partial charge on any atom is -0.394 e. The molecule has 1 heterocycles. The van der Waals surface area contributed by atoms with Crippen LogP contribution in [0.3, 0.4) is 0 Å². The highest BCUT2D eigenvalue weighted by Gasteiger charge is 2.13. The first kappa shape index (κ1) is 17.0. The van der Waals surface area contributed by atoms with Gasteiger partial charge in [0.1, 0.15) is 0 Å². The third-order valence-corrected chi connectivity index (χ3v) is 4.15. The highest BCUT2D eigenvalue weighted by Crippen LogP contribution is 2.21. The summed E-state index contributed by atoms with van der Waals surface area (Å²) in [6, 6.07) is 8.02. The molecule has 1 aromatic carbocycles. The van der Waals surface area contributed by atoms with Gasteiger partial charge in [-0.3, -0.25) is 4.79 Å². The number of hydrogen-bond acceptors (Lipinski definition) is 2. The lowest BCUT2D eigenvalue weighted by molar-refractivity contribution is -0.122. The molecule has 2 N–H and O–H groups in total. The van der Waals surface area contributed by atoms with Crippen LogP contribution in [0, 0.1) is 5.92 Å². The molecule has 1 aromatic heterocycles. The number of nitrogens with one attached hydrogen (secondary N) is 1. The monoisotopic (exact) mass is 366 g/mol. The van der Waals surface area contributed by atoms with E-state index in [1.807, 2.05) is 24.4 Å². The van der Waals surface area contributed by atoms with Crippen molar-refractivity contribution in [2.24, 2.45) is 5.92 Å². The van der Waals surface area contributed by atoms with Crippen LogP contribution in [0.25, 0.3) is 10.9 Å². The Morgan fingerprint density at radius 2 is 2.14 bits per heavy atom. The molecular formula is C17H23BrN2O2. The van der Waals surface area contributed by atoms with Crippen LogP contribution in [0.5, 0.6) is 0 Å². The van der Waals surface area contributed by atoms with E-state index in [2.05, 4.69) is 45.7 Å². The summed E-state index contributed by atoms with van der Waals surface area (Å²) in [4.78, 5) is 12.0. The zero-order valence-electron chi connectivity index (χ0n) is 13.1. The van der Waals surface area contributed by atoms with E-state index in [-0.39, 0.29) is 18.6 Å². The molecule has 4 nitrogen and oxygen atoms in total. The van der Waals surface area contributed by atoms with Crippen molar-refractivity contribution in [1.29, 1.82) is 0 Å². The average Bonchev–Trinajstić information content (AvgIpc) is 2.86. The van der Waals surface area contributed by atoms with Crippen LogP contribution >= 0.6 is 15.9 Å². The van der Waals surface area contributed by atoms with Crippen molar-refractivity contribution in [1.82, 2.24) is 9.88 Å². The van der Waals surface area contributed by atoms with Crippen LogP contribution in [0.2, 0.25) is 0 Å². The summed E-state index contributed by atoms with van der Waals surface area (Å²) in [5.74, 6) is 0.433. The molecular weight excluding hydrogens is 344 g/mol. The van der Waals surface area contributed by atoms with Crippen molar-refractivity contribution in [3.8, 4) is 0 Å². The highest BCUT2D eigenvalue weighted by molar-refractivity contribution is 9.10. The van der Waals surface area contributed by atoms with Gasteiger partial charge in [0.05, 0.1) is 12.6 Å². The molecule has 0 spiro atoms. The summed E-state index contributed by atoms with van der Waals surface area (Å²) >= 11 is 3.46. The Kier molecular flexibility index (Phi) is 6.03. The van der Waals surface area contributed by atoms with Gasteiger partial charge in [0.25, 0.3) is 0 Å². The van der Waals surface area contributed by atoms with Crippen LogP contribution in [-0.4, -0.2) is 28.2 Å². The Bertz CT molecular complexity index is 637. The van der Waals surface area contributed by atoms with Gasteiger partial charge in [-0.2, -0.15) is 0 Å². The van der Waals surface area contributed by atoms with Gasteiger partial charge in [-0.05, 0) is 36.6 Å². The first-order chi connectivity index (χ1) is 10.5. The zero-order valence-corrected chi connectivity index (χ0v) is 14.6. The molecule has 0 bridgehead atoms. The van der Waals surface area contributed by atoms with Gasteiger partial charge < -0.3 is 15.0 Å². The summed E-state index contributed by atoms with van der Waals surface area (Å²) in [6.45, 7) is 4.79. The van der Waals surface area contributed by atoms with Gasteiger partial charge >= 0.3 is 0 Å². The largest absolute Gasteiger partial charge is 0.394 e. The minimum atomic E-state index is -0.148. The molecule has 1 amide bonds. The summed E-state index contributed by atoms with van der Waals surface area (Å²) in [6.07, 6.45) is 3.21. The number of carbonyl (C=O) groups is 1. The second kappa shape index (κ2) is 7.79. The summed E-state index contributed by atoms with van der Waals surface area (Å²) in [5.41, 5.74) is 1.12. The molecule has 22 heavy (non-hydrogen) atoms. The Morgan fingerprint density at radius 1 is 1.36 bits per heavy atom. The number of hydrogen-bond donors (Lipinski definition) is 2. The first-order valence-electron chi connectivity index (χ1n) is 7.64. The standard InChI is InChI=1S/C17H23BrN2O2/c1-12(2)9-15(11-21)19-17(22)6-8-20-7-5-13-10-14(18)3-4-16(13)20/h3-5,7,10,12,15,21H,6,8-9,11H2,1-2H3,(H,19,22). The van der Waals surface area contributed by atoms with Crippen LogP contribution in [0.1, 0.15) is 26.7 Å². The Labute approximate surface area is 139 Å². The number of rotatable bonds is 7. The fourth-order valence-corrected chi connectivity index (χ4v) is 3.01. The normalized spacial score (nSPS) is 12.8. The SMILES string of the molecule is CC(C)CC(CO)NC(=O)CCn1ccc2cc(Br)ccc21. The fraction of sp³-hybridized carbons (Fsp3) is 0.471. The maximum absolute atomic E-state index is 12.0. The fourth-order valence-electron chi connectivity index (χ4n) is 2.64. The van der Waals surface area contributed by atoms with Crippen LogP contribution in [0.15, 0.2) is 34.9 Å². The van der Waals surface area contributed by atoms with Crippen molar-refractivity contribution in [2.75, 3.05) is 6.61 Å². The molecule has 0 radical (unpaired) electrons. The summed E-state index contributed by atoms with van der Waals surface area (Å²) < 4.78 is 3.13. The van der Waals surface area contributed by atoms with Crippen LogP contribution in [-0.2, 0) is 11.3 Å². The molecule has 120 valence electrons. The van der Waals surface area contributed by atoms with Crippen molar-refractivity contribution in [3.05, 3.63) is 34.9 Å². The molecule has 1 atom stereocenters. The smallest absolute Gasteiger partial charge is 0.222 e. The number of benzene rings is 1. The van der Waals surface area contributed by atoms with E-state index in [0.29, 0.717) is 18.9 Å². The zero-order chi connectivity index (χ0) is 16.1. The molecule has 2 aromatic rings. The first-order valence-corrected chi connectivity index (χ1v) is 8.43. The van der Waals surface area contributed by atoms with Crippen molar-refractivity contribution in [3.63, 3.8) is 0 Å². The van der Waals surface area contributed by atoms with E-state index < -0.39 is 0 Å². The van der Waals surface area contributed by atoms with Gasteiger partial charge in [-0.1, -0.05) is 29.8 Å². The predicted molar refractivity (Wildman–Crippen MR) is 92.7 cm³/mol. The molecule has 0 aliphatic rings. The van der Waals surface area contributed by atoms with Crippen LogP contribution in [0.4, 0.5) is 0 Å². The minimum absolute atomic E-state index is 0.00953. The number of halogens is 1. The lowest BCUT2D eigenvalue weighted by atomic mass is 10.0. The molecule has 0 aliphatic heterocycles. The van der Waals surface area contributed by atoms with Gasteiger partial charge in [-0.15, -0.1) is 0 Å². The highest BCUT2D eigenvalue weighted by atomic mass is 79.9. The number of fused-ring (bicyclic) bond motifs is 1. The van der Waals surface area contributed by atoms with Gasteiger partial charge in [0.15, 0.2) is 0 Å². The molecule has 0 saturated carbocycles. The maximum Gasteiger partial charge on any atom is 0.222 e. The number of nitrogens with zero attached hydrogens (tertiary/aromatic N) is 1. The number of aliphatic hydroxyl groups is 1. The van der Waals surface area contributed by atoms with E-state index >= 15 is 0 Å². The average molecular weight is 367 g/mol. The molecule has 0 aliphatic carbocycles. The molecule has 5 heteroatoms. The summed E-state index contributed by atoms with van der Waals surface area (Å²) in [5, 5.41) is 13.4. The third kappa shape index (κ3) is 4.58. The van der Waals surface area contributed by atoms with Gasteiger partial charge in [-0.25, -0.2) is 0 Å². The van der Waals surface area contributed by atoms with Crippen molar-refractivity contribution < 1.29 is 9.90 Å². The molecule has 2 rings (SSSR count). The van der Waals surface area contributed by atoms with Crippen molar-refractivity contribution in [2.45, 2.75) is 39.3 Å². The number of aryl methyl sites for hydroxylation is 1. The van der Waals surface area contributed by atoms with E-state index in [0.717, 1.165) is 21.8 Å². The van der Waals surface area contributed by atoms with E-state index in [1.165, 1.54) is 0 Å². The second-order valence-electron chi connectivity index (χ2n) is 6.04. The summed E-state index contributed by atoms with van der Waals surface area (Å²) in [7, 11) is 0. The lowest BCUT2D eigenvalue weighted by Gasteiger charge is -2.18. The van der Waals surface area contributed by atoms with Gasteiger partial charge in [0, 0.05) is 34.5 Å². The van der Waals surface area contributed by atoms with E-state index in [1.54, 1.807) is 0 Å². The molecule has 0 fully saturated rings. The second-order valence-corrected chi connectivity index (χ2v) is 6.95. The van der Waals surface area contributed by atoms with Gasteiger partial charge in [0.2, 0.25) is 5.91 Å². The number of carbonyl (C=O) groups excluding carboxylic acids is 1. The Balaban J connectivity index is 1.92. The Hall–Kier alpha value is -1.33. The number of aromatic nitrogens is 1. The predicted octanol–water partition coefficient (Wildman–Crippen LogP) is 3.32. The molecule has 0 saturated heterocycles. The van der Waals surface area contributed by atoms with Crippen LogP contribution < -0.4 is 5.32 Å². The number of aliphatic hydroxyl groups excluding tert-OH is 1. The van der Waals surface area contributed by atoms with E-state index in [4.69, 9.17) is 0 Å². The maximum atomic E-state index is 12.0. The third-order valence-electron chi connectivity index (χ3n) is 3.65. The van der Waals surface area contributed by atoms with E-state index in [9.17, 15) is 9.90 Å². The van der Waals surface area contributed by atoms with Crippen molar-refractivity contribution >= 4 is 32.7 Å².